The summed E-state index contributed by atoms with van der Waals surface area (Å²) in [6, 6.07) is 10.7. The SMILES string of the molecule is CCNC(=NCc1noc(C)n1)NCCCOC1CCN(Cc2ccccc2)CC1.I. The summed E-state index contributed by atoms with van der Waals surface area (Å²) in [4.78, 5) is 11.2. The molecule has 1 aliphatic rings. The first-order valence-electron chi connectivity index (χ1n) is 10.9. The molecule has 0 unspecified atom stereocenters. The summed E-state index contributed by atoms with van der Waals surface area (Å²) in [6.45, 7) is 9.83. The monoisotopic (exact) mass is 542 g/mol. The lowest BCUT2D eigenvalue weighted by atomic mass is 10.1. The number of nitrogens with one attached hydrogen (secondary N) is 2. The molecule has 1 aliphatic heterocycles. The molecule has 0 saturated carbocycles. The zero-order valence-corrected chi connectivity index (χ0v) is 20.9. The van der Waals surface area contributed by atoms with Gasteiger partial charge in [0.15, 0.2) is 11.8 Å². The van der Waals surface area contributed by atoms with Crippen molar-refractivity contribution in [1.82, 2.24) is 25.7 Å². The summed E-state index contributed by atoms with van der Waals surface area (Å²) < 4.78 is 11.1. The lowest BCUT2D eigenvalue weighted by molar-refractivity contribution is 0.00534. The molecular formula is C22H35IN6O2. The number of aromatic nitrogens is 2. The summed E-state index contributed by atoms with van der Waals surface area (Å²) >= 11 is 0. The number of hydrogen-bond acceptors (Lipinski definition) is 6. The molecule has 2 aromatic rings. The first-order valence-corrected chi connectivity index (χ1v) is 10.9. The summed E-state index contributed by atoms with van der Waals surface area (Å²) in [5.74, 6) is 1.90. The molecule has 0 spiro atoms. The maximum atomic E-state index is 6.10. The number of benzene rings is 1. The lowest BCUT2D eigenvalue weighted by Gasteiger charge is -2.32. The predicted molar refractivity (Wildman–Crippen MR) is 133 cm³/mol. The minimum Gasteiger partial charge on any atom is -0.378 e. The van der Waals surface area contributed by atoms with E-state index in [4.69, 9.17) is 9.26 Å². The molecule has 31 heavy (non-hydrogen) atoms. The molecule has 1 saturated heterocycles. The lowest BCUT2D eigenvalue weighted by Crippen LogP contribution is -2.38. The third-order valence-corrected chi connectivity index (χ3v) is 5.04. The molecule has 8 nitrogen and oxygen atoms in total. The maximum absolute atomic E-state index is 6.10. The molecule has 0 bridgehead atoms. The topological polar surface area (TPSA) is 87.8 Å². The number of guanidine groups is 1. The largest absolute Gasteiger partial charge is 0.378 e. The van der Waals surface area contributed by atoms with E-state index in [2.05, 4.69) is 61.0 Å². The fraction of sp³-hybridized carbons (Fsp3) is 0.591. The Labute approximate surface area is 202 Å². The third kappa shape index (κ3) is 9.53. The second-order valence-corrected chi connectivity index (χ2v) is 7.54. The molecule has 0 atom stereocenters. The minimum absolute atomic E-state index is 0. The fourth-order valence-electron chi connectivity index (χ4n) is 3.50. The Hall–Kier alpha value is -1.72. The number of nitrogens with zero attached hydrogens (tertiary/aromatic N) is 4. The Bertz CT molecular complexity index is 762. The van der Waals surface area contributed by atoms with E-state index in [-0.39, 0.29) is 24.0 Å². The maximum Gasteiger partial charge on any atom is 0.223 e. The molecule has 0 aliphatic carbocycles. The Balaban J connectivity index is 0.00000341. The van der Waals surface area contributed by atoms with E-state index in [0.717, 1.165) is 64.6 Å². The average molecular weight is 542 g/mol. The van der Waals surface area contributed by atoms with Crippen molar-refractivity contribution in [1.29, 1.82) is 0 Å². The van der Waals surface area contributed by atoms with Crippen LogP contribution >= 0.6 is 24.0 Å². The molecule has 3 rings (SSSR count). The highest BCUT2D eigenvalue weighted by Crippen LogP contribution is 2.16. The van der Waals surface area contributed by atoms with Crippen molar-refractivity contribution in [3.63, 3.8) is 0 Å². The summed E-state index contributed by atoms with van der Waals surface area (Å²) in [5.41, 5.74) is 1.38. The van der Waals surface area contributed by atoms with Gasteiger partial charge in [-0.25, -0.2) is 4.99 Å². The molecule has 0 radical (unpaired) electrons. The molecule has 1 aromatic carbocycles. The predicted octanol–water partition coefficient (Wildman–Crippen LogP) is 3.12. The average Bonchev–Trinajstić information content (AvgIpc) is 3.19. The van der Waals surface area contributed by atoms with E-state index in [0.29, 0.717) is 24.4 Å². The van der Waals surface area contributed by atoms with Gasteiger partial charge in [-0.05, 0) is 31.7 Å². The molecule has 9 heteroatoms. The van der Waals surface area contributed by atoms with Crippen LogP contribution in [0, 0.1) is 6.92 Å². The molecule has 2 N–H and O–H groups in total. The first kappa shape index (κ1) is 25.5. The Morgan fingerprint density at radius 2 is 2.00 bits per heavy atom. The van der Waals surface area contributed by atoms with Crippen LogP contribution in [0.1, 0.15) is 43.5 Å². The van der Waals surface area contributed by atoms with E-state index in [1.807, 2.05) is 6.92 Å². The van der Waals surface area contributed by atoms with Crippen LogP contribution < -0.4 is 10.6 Å². The van der Waals surface area contributed by atoms with E-state index in [9.17, 15) is 0 Å². The van der Waals surface area contributed by atoms with Gasteiger partial charge in [0.05, 0.1) is 6.10 Å². The second-order valence-electron chi connectivity index (χ2n) is 7.54. The third-order valence-electron chi connectivity index (χ3n) is 5.04. The zero-order valence-electron chi connectivity index (χ0n) is 18.5. The Kier molecular flexibility index (Phi) is 11.8. The van der Waals surface area contributed by atoms with Gasteiger partial charge in [0.1, 0.15) is 6.54 Å². The van der Waals surface area contributed by atoms with E-state index >= 15 is 0 Å². The van der Waals surface area contributed by atoms with Crippen LogP contribution in [0.2, 0.25) is 0 Å². The van der Waals surface area contributed by atoms with Gasteiger partial charge in [0.25, 0.3) is 0 Å². The van der Waals surface area contributed by atoms with E-state index < -0.39 is 0 Å². The van der Waals surface area contributed by atoms with E-state index in [1.165, 1.54) is 5.56 Å². The Morgan fingerprint density at radius 1 is 1.23 bits per heavy atom. The van der Waals surface area contributed by atoms with Crippen molar-refractivity contribution >= 4 is 29.9 Å². The number of hydrogen-bond donors (Lipinski definition) is 2. The van der Waals surface area contributed by atoms with Crippen molar-refractivity contribution in [2.24, 2.45) is 4.99 Å². The zero-order chi connectivity index (χ0) is 21.0. The number of piperidine rings is 1. The van der Waals surface area contributed by atoms with Crippen molar-refractivity contribution in [3.05, 3.63) is 47.6 Å². The van der Waals surface area contributed by atoms with Gasteiger partial charge in [-0.15, -0.1) is 24.0 Å². The fourth-order valence-corrected chi connectivity index (χ4v) is 3.50. The number of ether oxygens (including phenoxy) is 1. The number of likely N-dealkylation sites (tertiary alicyclic amines) is 1. The van der Waals surface area contributed by atoms with E-state index in [1.54, 1.807) is 6.92 Å². The highest BCUT2D eigenvalue weighted by Gasteiger charge is 2.19. The van der Waals surface area contributed by atoms with Crippen molar-refractivity contribution in [3.8, 4) is 0 Å². The summed E-state index contributed by atoms with van der Waals surface area (Å²) in [7, 11) is 0. The Morgan fingerprint density at radius 3 is 2.68 bits per heavy atom. The van der Waals surface area contributed by atoms with Crippen LogP contribution in [0.25, 0.3) is 0 Å². The van der Waals surface area contributed by atoms with Gasteiger partial charge in [-0.3, -0.25) is 4.90 Å². The highest BCUT2D eigenvalue weighted by atomic mass is 127. The molecule has 2 heterocycles. The normalized spacial score (nSPS) is 15.5. The van der Waals surface area contributed by atoms with Crippen LogP contribution in [0.4, 0.5) is 0 Å². The standard InChI is InChI=1S/C22H34N6O2.HI/c1-3-23-22(25-16-21-26-18(2)30-27-21)24-12-7-15-29-20-10-13-28(14-11-20)17-19-8-5-4-6-9-19;/h4-6,8-9,20H,3,7,10-17H2,1-2H3,(H2,23,24,25);1H. The first-order chi connectivity index (χ1) is 14.7. The molecule has 0 amide bonds. The quantitative estimate of drug-likeness (QED) is 0.207. The van der Waals surface area contributed by atoms with Gasteiger partial charge in [0.2, 0.25) is 5.89 Å². The summed E-state index contributed by atoms with van der Waals surface area (Å²) in [6.07, 6.45) is 3.53. The number of rotatable bonds is 10. The smallest absolute Gasteiger partial charge is 0.223 e. The summed E-state index contributed by atoms with van der Waals surface area (Å²) in [5, 5.41) is 10.4. The van der Waals surface area contributed by atoms with Gasteiger partial charge >= 0.3 is 0 Å². The van der Waals surface area contributed by atoms with Crippen LogP contribution in [0.15, 0.2) is 39.8 Å². The van der Waals surface area contributed by atoms with Crippen LogP contribution in [-0.4, -0.2) is 59.9 Å². The minimum atomic E-state index is 0. The van der Waals surface area contributed by atoms with Gasteiger partial charge < -0.3 is 19.9 Å². The number of halogens is 1. The van der Waals surface area contributed by atoms with Crippen LogP contribution in [0.3, 0.4) is 0 Å². The second kappa shape index (κ2) is 14.4. The van der Waals surface area contributed by atoms with Gasteiger partial charge in [-0.2, -0.15) is 4.98 Å². The molecule has 1 aromatic heterocycles. The van der Waals surface area contributed by atoms with Crippen LogP contribution in [0.5, 0.6) is 0 Å². The highest BCUT2D eigenvalue weighted by molar-refractivity contribution is 14.0. The van der Waals surface area contributed by atoms with Crippen molar-refractivity contribution in [2.75, 3.05) is 32.8 Å². The van der Waals surface area contributed by atoms with Gasteiger partial charge in [-0.1, -0.05) is 35.5 Å². The van der Waals surface area contributed by atoms with Crippen molar-refractivity contribution < 1.29 is 9.26 Å². The van der Waals surface area contributed by atoms with Crippen molar-refractivity contribution in [2.45, 2.75) is 52.3 Å². The number of aliphatic imine (C=N–C) groups is 1. The molecule has 1 fully saturated rings. The molecule has 172 valence electrons. The van der Waals surface area contributed by atoms with Crippen LogP contribution in [-0.2, 0) is 17.8 Å². The van der Waals surface area contributed by atoms with Gasteiger partial charge in [0, 0.05) is 46.3 Å². The molecular weight excluding hydrogens is 507 g/mol. The number of aryl methyl sites for hydroxylation is 1.